The Morgan fingerprint density at radius 3 is 2.47 bits per heavy atom. The van der Waals surface area contributed by atoms with Crippen molar-refractivity contribution in [3.05, 3.63) is 32.9 Å². The second-order valence-corrected chi connectivity index (χ2v) is 8.35. The van der Waals surface area contributed by atoms with Crippen molar-refractivity contribution in [1.29, 1.82) is 0 Å². The van der Waals surface area contributed by atoms with E-state index >= 15 is 0 Å². The number of carbonyl (C=O) groups excluding carboxylic acids is 3. The van der Waals surface area contributed by atoms with Crippen LogP contribution in [0.1, 0.15) is 46.8 Å². The first kappa shape index (κ1) is 23.9. The van der Waals surface area contributed by atoms with Crippen LogP contribution in [0.4, 0.5) is 4.39 Å². The highest BCUT2D eigenvalue weighted by Crippen LogP contribution is 2.37. The molecule has 0 radical (unpaired) electrons. The molecule has 1 aliphatic rings. The van der Waals surface area contributed by atoms with E-state index in [4.69, 9.17) is 14.2 Å². The maximum atomic E-state index is 13.7. The first-order valence-corrected chi connectivity index (χ1v) is 9.95. The minimum atomic E-state index is -1.33. The molecule has 166 valence electrons. The highest BCUT2D eigenvalue weighted by molar-refractivity contribution is 9.09. The molecule has 0 aromatic carbocycles. The summed E-state index contributed by atoms with van der Waals surface area (Å²) in [5.41, 5.74) is -3.47. The lowest BCUT2D eigenvalue weighted by Gasteiger charge is -2.23. The van der Waals surface area contributed by atoms with Crippen LogP contribution in [0.5, 0.6) is 0 Å². The molecule has 0 amide bonds. The van der Waals surface area contributed by atoms with Crippen LogP contribution in [0.3, 0.4) is 0 Å². The van der Waals surface area contributed by atoms with E-state index in [9.17, 15) is 28.4 Å². The van der Waals surface area contributed by atoms with E-state index in [1.165, 1.54) is 20.8 Å². The SMILES string of the molecule is CC(=O)OC1C(Br)C(CCC(=O)C(C)(C)OC(C)=O)OC1n1cc(F)c(=O)[nH]c1=O. The van der Waals surface area contributed by atoms with Gasteiger partial charge in [0.05, 0.1) is 17.1 Å². The molecule has 2 heterocycles. The number of nitrogens with zero attached hydrogens (tertiary/aromatic N) is 1. The highest BCUT2D eigenvalue weighted by atomic mass is 79.9. The quantitative estimate of drug-likeness (QED) is 0.439. The van der Waals surface area contributed by atoms with Crippen molar-refractivity contribution >= 4 is 33.7 Å². The van der Waals surface area contributed by atoms with Crippen molar-refractivity contribution in [1.82, 2.24) is 9.55 Å². The molecule has 1 aromatic heterocycles. The van der Waals surface area contributed by atoms with Crippen LogP contribution in [-0.2, 0) is 28.6 Å². The molecule has 4 atom stereocenters. The number of ketones is 1. The first-order chi connectivity index (χ1) is 13.8. The molecule has 10 nitrogen and oxygen atoms in total. The van der Waals surface area contributed by atoms with Gasteiger partial charge in [-0.1, -0.05) is 15.9 Å². The number of aromatic nitrogens is 2. The number of ether oxygens (including phenoxy) is 3. The normalized spacial score (nSPS) is 23.8. The number of hydrogen-bond donors (Lipinski definition) is 1. The van der Waals surface area contributed by atoms with E-state index in [1.807, 2.05) is 4.98 Å². The molecule has 0 saturated carbocycles. The smallest absolute Gasteiger partial charge is 0.330 e. The van der Waals surface area contributed by atoms with E-state index in [0.717, 1.165) is 11.5 Å². The number of esters is 2. The molecule has 0 aliphatic carbocycles. The summed E-state index contributed by atoms with van der Waals surface area (Å²) in [6, 6.07) is 0. The number of aromatic amines is 1. The van der Waals surface area contributed by atoms with Crippen molar-refractivity contribution in [3.8, 4) is 0 Å². The molecule has 2 rings (SSSR count). The number of alkyl halides is 1. The largest absolute Gasteiger partial charge is 0.456 e. The number of nitrogens with one attached hydrogen (secondary N) is 1. The third-order valence-electron chi connectivity index (χ3n) is 4.49. The van der Waals surface area contributed by atoms with Crippen LogP contribution in [0.15, 0.2) is 15.8 Å². The number of Topliss-reactive ketones (excluding diaryl/α,β-unsaturated/α-hetero) is 1. The predicted octanol–water partition coefficient (Wildman–Crippen LogP) is 0.959. The van der Waals surface area contributed by atoms with Crippen molar-refractivity contribution in [2.45, 2.75) is 69.4 Å². The van der Waals surface area contributed by atoms with Crippen molar-refractivity contribution in [2.75, 3.05) is 0 Å². The van der Waals surface area contributed by atoms with Gasteiger partial charge in [0, 0.05) is 20.3 Å². The van der Waals surface area contributed by atoms with Gasteiger partial charge >= 0.3 is 17.6 Å². The van der Waals surface area contributed by atoms with E-state index in [-0.39, 0.29) is 18.6 Å². The van der Waals surface area contributed by atoms with Gasteiger partial charge in [0.2, 0.25) is 5.82 Å². The second kappa shape index (κ2) is 9.21. The summed E-state index contributed by atoms with van der Waals surface area (Å²) in [5, 5.41) is 0. The Morgan fingerprint density at radius 2 is 1.90 bits per heavy atom. The van der Waals surface area contributed by atoms with Crippen LogP contribution < -0.4 is 11.2 Å². The molecule has 1 fully saturated rings. The summed E-state index contributed by atoms with van der Waals surface area (Å²) >= 11 is 3.36. The van der Waals surface area contributed by atoms with Gasteiger partial charge in [0.1, 0.15) is 0 Å². The van der Waals surface area contributed by atoms with Crippen molar-refractivity contribution in [2.24, 2.45) is 0 Å². The van der Waals surface area contributed by atoms with Crippen LogP contribution >= 0.6 is 15.9 Å². The summed E-state index contributed by atoms with van der Waals surface area (Å²) in [6.07, 6.45) is -2.22. The lowest BCUT2D eigenvalue weighted by atomic mass is 9.97. The first-order valence-electron chi connectivity index (χ1n) is 9.04. The topological polar surface area (TPSA) is 134 Å². The van der Waals surface area contributed by atoms with Gasteiger partial charge in [0.15, 0.2) is 23.7 Å². The van der Waals surface area contributed by atoms with Crippen molar-refractivity contribution < 1.29 is 33.0 Å². The average molecular weight is 493 g/mol. The van der Waals surface area contributed by atoms with E-state index in [1.54, 1.807) is 0 Å². The summed E-state index contributed by atoms with van der Waals surface area (Å²) in [5.74, 6) is -2.84. The standard InChI is InChI=1S/C18H22BrFN2O8/c1-8(23)28-14-13(19)11(5-6-12(25)18(3,4)30-9(2)24)29-16(14)22-7-10(20)15(26)21-17(22)27/h7,11,13-14,16H,5-6H2,1-4H3,(H,21,26,27). The van der Waals surface area contributed by atoms with Gasteiger partial charge in [-0.2, -0.15) is 4.39 Å². The lowest BCUT2D eigenvalue weighted by Crippen LogP contribution is -2.39. The Hall–Kier alpha value is -2.34. The maximum absolute atomic E-state index is 13.7. The average Bonchev–Trinajstić information content (AvgIpc) is 2.90. The molecule has 0 bridgehead atoms. The summed E-state index contributed by atoms with van der Waals surface area (Å²) < 4.78 is 30.5. The molecule has 0 spiro atoms. The summed E-state index contributed by atoms with van der Waals surface area (Å²) in [7, 11) is 0. The molecular weight excluding hydrogens is 471 g/mol. The number of rotatable bonds is 7. The van der Waals surface area contributed by atoms with Gasteiger partial charge in [0.25, 0.3) is 5.56 Å². The van der Waals surface area contributed by atoms with Gasteiger partial charge in [-0.15, -0.1) is 0 Å². The maximum Gasteiger partial charge on any atom is 0.330 e. The second-order valence-electron chi connectivity index (χ2n) is 7.29. The van der Waals surface area contributed by atoms with Crippen LogP contribution in [-0.4, -0.2) is 49.9 Å². The monoisotopic (exact) mass is 492 g/mol. The van der Waals surface area contributed by atoms with Crippen molar-refractivity contribution in [3.63, 3.8) is 0 Å². The zero-order chi connectivity index (χ0) is 22.8. The minimum Gasteiger partial charge on any atom is -0.456 e. The molecule has 30 heavy (non-hydrogen) atoms. The van der Waals surface area contributed by atoms with Crippen LogP contribution in [0.2, 0.25) is 0 Å². The number of carbonyl (C=O) groups is 3. The summed E-state index contributed by atoms with van der Waals surface area (Å²) in [6.45, 7) is 5.28. The van der Waals surface area contributed by atoms with Gasteiger partial charge < -0.3 is 14.2 Å². The van der Waals surface area contributed by atoms with E-state index in [2.05, 4.69) is 15.9 Å². The Kier molecular flexibility index (Phi) is 7.35. The fraction of sp³-hybridized carbons (Fsp3) is 0.611. The Balaban J connectivity index is 2.24. The van der Waals surface area contributed by atoms with Gasteiger partial charge in [-0.05, 0) is 20.3 Å². The van der Waals surface area contributed by atoms with E-state index < -0.39 is 57.9 Å². The third-order valence-corrected chi connectivity index (χ3v) is 5.60. The fourth-order valence-electron chi connectivity index (χ4n) is 3.11. The Labute approximate surface area is 178 Å². The number of hydrogen-bond acceptors (Lipinski definition) is 8. The molecule has 12 heteroatoms. The molecular formula is C18H22BrFN2O8. The molecule has 1 N–H and O–H groups in total. The summed E-state index contributed by atoms with van der Waals surface area (Å²) in [4.78, 5) is 59.7. The fourth-order valence-corrected chi connectivity index (χ4v) is 3.86. The highest BCUT2D eigenvalue weighted by Gasteiger charge is 2.47. The van der Waals surface area contributed by atoms with Gasteiger partial charge in [-0.3, -0.25) is 28.7 Å². The Bertz CT molecular complexity index is 956. The van der Waals surface area contributed by atoms with Crippen LogP contribution in [0, 0.1) is 5.82 Å². The molecule has 1 aromatic rings. The molecule has 4 unspecified atom stereocenters. The van der Waals surface area contributed by atoms with E-state index in [0.29, 0.717) is 6.20 Å². The van der Waals surface area contributed by atoms with Gasteiger partial charge in [-0.25, -0.2) is 4.79 Å². The minimum absolute atomic E-state index is 0.0402. The number of H-pyrrole nitrogens is 1. The predicted molar refractivity (Wildman–Crippen MR) is 104 cm³/mol. The third kappa shape index (κ3) is 5.42. The lowest BCUT2D eigenvalue weighted by molar-refractivity contribution is -0.162. The zero-order valence-corrected chi connectivity index (χ0v) is 18.4. The zero-order valence-electron chi connectivity index (χ0n) is 16.8. The Morgan fingerprint density at radius 1 is 1.27 bits per heavy atom. The number of halogens is 2. The molecule has 1 saturated heterocycles. The van der Waals surface area contributed by atoms with Crippen LogP contribution in [0.25, 0.3) is 0 Å². The molecule has 1 aliphatic heterocycles.